The monoisotopic (exact) mass is 509 g/mol. The Morgan fingerprint density at radius 2 is 1.86 bits per heavy atom. The molecule has 0 bridgehead atoms. The molecule has 1 aliphatic heterocycles. The van der Waals surface area contributed by atoms with E-state index in [1.165, 1.54) is 53.0 Å². The first-order valence-corrected chi connectivity index (χ1v) is 12.9. The van der Waals surface area contributed by atoms with Crippen LogP contribution in [0.2, 0.25) is 0 Å². The smallest absolute Gasteiger partial charge is 0.351 e. The van der Waals surface area contributed by atoms with Crippen LogP contribution in [-0.4, -0.2) is 57.9 Å². The lowest BCUT2D eigenvalue weighted by molar-refractivity contribution is -0.122. The molecule has 3 aromatic rings. The highest BCUT2D eigenvalue weighted by molar-refractivity contribution is 5.76. The summed E-state index contributed by atoms with van der Waals surface area (Å²) in [5.41, 5.74) is 1.81. The molecule has 1 aromatic heterocycles. The summed E-state index contributed by atoms with van der Waals surface area (Å²) in [6.45, 7) is 9.11. The van der Waals surface area contributed by atoms with E-state index >= 15 is 0 Å². The number of nitrogens with zero attached hydrogens (tertiary/aromatic N) is 4. The number of likely N-dealkylation sites (tertiary alicyclic amines) is 1. The number of hydrogen-bond donors (Lipinski definition) is 1. The van der Waals surface area contributed by atoms with Gasteiger partial charge in [-0.1, -0.05) is 19.1 Å². The van der Waals surface area contributed by atoms with Crippen LogP contribution >= 0.6 is 0 Å². The fourth-order valence-electron chi connectivity index (χ4n) is 4.61. The van der Waals surface area contributed by atoms with Crippen molar-refractivity contribution in [3.63, 3.8) is 0 Å². The molecule has 1 aliphatic rings. The largest absolute Gasteiger partial charge is 0.494 e. The lowest BCUT2D eigenvalue weighted by atomic mass is 9.99. The first-order chi connectivity index (χ1) is 17.7. The molecule has 2 aromatic carbocycles. The van der Waals surface area contributed by atoms with Crippen molar-refractivity contribution in [3.8, 4) is 22.8 Å². The van der Waals surface area contributed by atoms with E-state index < -0.39 is 11.5 Å². The lowest BCUT2D eigenvalue weighted by Gasteiger charge is -2.30. The number of rotatable bonds is 9. The van der Waals surface area contributed by atoms with Crippen LogP contribution in [0.3, 0.4) is 0 Å². The van der Waals surface area contributed by atoms with Crippen molar-refractivity contribution in [2.24, 2.45) is 5.92 Å². The minimum absolute atomic E-state index is 0.0326. The SMILES string of the molecule is COc1cc(-c2nn(-c3ccc(CCN4CCC(C)CC4)cc3)c(=O)n2CC(=O)NC(C)C)ccc1F. The van der Waals surface area contributed by atoms with Crippen LogP contribution in [0.1, 0.15) is 39.2 Å². The summed E-state index contributed by atoms with van der Waals surface area (Å²) in [6, 6.07) is 11.9. The van der Waals surface area contributed by atoms with Crippen LogP contribution in [0.25, 0.3) is 17.1 Å². The molecule has 198 valence electrons. The Morgan fingerprint density at radius 1 is 1.16 bits per heavy atom. The van der Waals surface area contributed by atoms with Gasteiger partial charge in [0, 0.05) is 18.2 Å². The van der Waals surface area contributed by atoms with Crippen molar-refractivity contribution in [1.82, 2.24) is 24.6 Å². The van der Waals surface area contributed by atoms with Gasteiger partial charge in [-0.2, -0.15) is 4.68 Å². The van der Waals surface area contributed by atoms with Gasteiger partial charge in [0.25, 0.3) is 0 Å². The van der Waals surface area contributed by atoms with Crippen LogP contribution < -0.4 is 15.7 Å². The second-order valence-corrected chi connectivity index (χ2v) is 10.1. The van der Waals surface area contributed by atoms with Crippen LogP contribution in [-0.2, 0) is 17.8 Å². The molecule has 0 unspecified atom stereocenters. The Labute approximate surface area is 217 Å². The number of amides is 1. The summed E-state index contributed by atoms with van der Waals surface area (Å²) >= 11 is 0. The molecule has 8 nitrogen and oxygen atoms in total. The number of benzene rings is 2. The number of carbonyl (C=O) groups excluding carboxylic acids is 1. The number of carbonyl (C=O) groups is 1. The van der Waals surface area contributed by atoms with Gasteiger partial charge < -0.3 is 15.0 Å². The van der Waals surface area contributed by atoms with Gasteiger partial charge in [0.05, 0.1) is 12.8 Å². The Morgan fingerprint density at radius 3 is 2.51 bits per heavy atom. The maximum absolute atomic E-state index is 14.0. The second kappa shape index (κ2) is 11.7. The average molecular weight is 510 g/mol. The molecule has 4 rings (SSSR count). The van der Waals surface area contributed by atoms with Gasteiger partial charge in [-0.05, 0) is 88.0 Å². The van der Waals surface area contributed by atoms with E-state index in [1.54, 1.807) is 0 Å². The molecule has 0 saturated carbocycles. The van der Waals surface area contributed by atoms with Crippen molar-refractivity contribution in [2.75, 3.05) is 26.7 Å². The molecule has 0 spiro atoms. The van der Waals surface area contributed by atoms with Crippen LogP contribution in [0.15, 0.2) is 47.3 Å². The third kappa shape index (κ3) is 6.46. The minimum atomic E-state index is -0.521. The van der Waals surface area contributed by atoms with Gasteiger partial charge >= 0.3 is 5.69 Å². The summed E-state index contributed by atoms with van der Waals surface area (Å²) in [5, 5.41) is 7.35. The number of piperidine rings is 1. The topological polar surface area (TPSA) is 81.4 Å². The van der Waals surface area contributed by atoms with Gasteiger partial charge in [-0.25, -0.2) is 9.18 Å². The third-order valence-corrected chi connectivity index (χ3v) is 6.80. The fraction of sp³-hybridized carbons (Fsp3) is 0.464. The van der Waals surface area contributed by atoms with Crippen molar-refractivity contribution in [2.45, 2.75) is 52.6 Å². The number of methoxy groups -OCH3 is 1. The Hall–Kier alpha value is -3.46. The standard InChI is InChI=1S/C28H36FN5O3/c1-19(2)30-26(35)18-33-27(22-7-10-24(29)25(17-22)37-4)31-34(28(33)36)23-8-5-21(6-9-23)13-16-32-14-11-20(3)12-15-32/h5-10,17,19-20H,11-16,18H2,1-4H3,(H,30,35). The Balaban J connectivity index is 1.61. The average Bonchev–Trinajstić information content (AvgIpc) is 3.19. The molecule has 0 aliphatic carbocycles. The quantitative estimate of drug-likeness (QED) is 0.476. The maximum atomic E-state index is 14.0. The molecule has 0 radical (unpaired) electrons. The van der Waals surface area contributed by atoms with Crippen LogP contribution in [0.5, 0.6) is 5.75 Å². The zero-order valence-electron chi connectivity index (χ0n) is 22.0. The van der Waals surface area contributed by atoms with E-state index in [-0.39, 0.29) is 30.1 Å². The molecular formula is C28H36FN5O3. The van der Waals surface area contributed by atoms with Crippen LogP contribution in [0.4, 0.5) is 4.39 Å². The highest BCUT2D eigenvalue weighted by atomic mass is 19.1. The van der Waals surface area contributed by atoms with Crippen molar-refractivity contribution >= 4 is 5.91 Å². The first kappa shape index (κ1) is 26.6. The Kier molecular flexibility index (Phi) is 8.43. The summed E-state index contributed by atoms with van der Waals surface area (Å²) < 4.78 is 21.7. The van der Waals surface area contributed by atoms with E-state index in [0.717, 1.165) is 32.0 Å². The summed E-state index contributed by atoms with van der Waals surface area (Å²) in [5.74, 6) is 0.267. The van der Waals surface area contributed by atoms with Crippen molar-refractivity contribution in [3.05, 3.63) is 64.3 Å². The fourth-order valence-corrected chi connectivity index (χ4v) is 4.61. The van der Waals surface area contributed by atoms with Crippen molar-refractivity contribution in [1.29, 1.82) is 0 Å². The Bertz CT molecular complexity index is 1270. The molecule has 1 saturated heterocycles. The highest BCUT2D eigenvalue weighted by Gasteiger charge is 2.20. The minimum Gasteiger partial charge on any atom is -0.494 e. The molecular weight excluding hydrogens is 473 g/mol. The second-order valence-electron chi connectivity index (χ2n) is 10.1. The van der Waals surface area contributed by atoms with Gasteiger partial charge in [0.1, 0.15) is 6.54 Å². The van der Waals surface area contributed by atoms with E-state index in [1.807, 2.05) is 38.1 Å². The predicted molar refractivity (Wildman–Crippen MR) is 142 cm³/mol. The number of nitrogens with one attached hydrogen (secondary N) is 1. The molecule has 37 heavy (non-hydrogen) atoms. The van der Waals surface area contributed by atoms with Gasteiger partial charge in [-0.3, -0.25) is 9.36 Å². The maximum Gasteiger partial charge on any atom is 0.351 e. The zero-order valence-corrected chi connectivity index (χ0v) is 22.0. The van der Waals surface area contributed by atoms with E-state index in [0.29, 0.717) is 11.3 Å². The molecule has 9 heteroatoms. The van der Waals surface area contributed by atoms with Gasteiger partial charge in [0.15, 0.2) is 17.4 Å². The van der Waals surface area contributed by atoms with E-state index in [2.05, 4.69) is 22.2 Å². The van der Waals surface area contributed by atoms with Crippen LogP contribution in [0, 0.1) is 11.7 Å². The summed E-state index contributed by atoms with van der Waals surface area (Å²) in [6.07, 6.45) is 3.44. The third-order valence-electron chi connectivity index (χ3n) is 6.80. The number of aromatic nitrogens is 3. The van der Waals surface area contributed by atoms with Gasteiger partial charge in [0.2, 0.25) is 5.91 Å². The lowest BCUT2D eigenvalue weighted by Crippen LogP contribution is -2.36. The summed E-state index contributed by atoms with van der Waals surface area (Å²) in [7, 11) is 1.37. The summed E-state index contributed by atoms with van der Waals surface area (Å²) in [4.78, 5) is 28.5. The number of ether oxygens (including phenoxy) is 1. The van der Waals surface area contributed by atoms with Gasteiger partial charge in [-0.15, -0.1) is 5.10 Å². The van der Waals surface area contributed by atoms with E-state index in [9.17, 15) is 14.0 Å². The first-order valence-electron chi connectivity index (χ1n) is 12.9. The number of halogens is 1. The van der Waals surface area contributed by atoms with E-state index in [4.69, 9.17) is 4.74 Å². The molecule has 1 fully saturated rings. The number of hydrogen-bond acceptors (Lipinski definition) is 5. The highest BCUT2D eigenvalue weighted by Crippen LogP contribution is 2.25. The normalized spacial score (nSPS) is 14.8. The molecule has 2 heterocycles. The molecule has 1 amide bonds. The predicted octanol–water partition coefficient (Wildman–Crippen LogP) is 3.65. The molecule has 0 atom stereocenters. The molecule has 1 N–H and O–H groups in total. The van der Waals surface area contributed by atoms with Crippen molar-refractivity contribution < 1.29 is 13.9 Å². The zero-order chi connectivity index (χ0) is 26.5.